The molecule has 0 amide bonds. The lowest BCUT2D eigenvalue weighted by molar-refractivity contribution is -0.259. The van der Waals surface area contributed by atoms with Gasteiger partial charge < -0.3 is 4.89 Å². The second-order valence-electron chi connectivity index (χ2n) is 5.93. The summed E-state index contributed by atoms with van der Waals surface area (Å²) in [6, 6.07) is 8.95. The van der Waals surface area contributed by atoms with Crippen LogP contribution < -0.4 is 9.42 Å². The Morgan fingerprint density at radius 2 is 1.89 bits per heavy atom. The van der Waals surface area contributed by atoms with Gasteiger partial charge in [0.15, 0.2) is 5.75 Å². The number of para-hydroxylation sites is 1. The van der Waals surface area contributed by atoms with Crippen LogP contribution in [0, 0.1) is 11.3 Å². The van der Waals surface area contributed by atoms with Gasteiger partial charge in [-0.05, 0) is 24.5 Å². The second-order valence-corrected chi connectivity index (χ2v) is 7.48. The van der Waals surface area contributed by atoms with Crippen LogP contribution >= 0.6 is 8.17 Å². The van der Waals surface area contributed by atoms with Gasteiger partial charge in [-0.15, -0.1) is 0 Å². The Kier molecular flexibility index (Phi) is 4.17. The van der Waals surface area contributed by atoms with Gasteiger partial charge in [0.25, 0.3) is 0 Å². The number of hydrogen-bond acceptors (Lipinski definition) is 4. The maximum Gasteiger partial charge on any atom is 0.429 e. The minimum atomic E-state index is -3.50. The molecule has 1 aliphatic rings. The Balaban J connectivity index is 2.04. The third-order valence-corrected chi connectivity index (χ3v) is 4.84. The summed E-state index contributed by atoms with van der Waals surface area (Å²) in [5.41, 5.74) is 0.0391. The molecule has 106 valence electrons. The maximum absolute atomic E-state index is 12.4. The van der Waals surface area contributed by atoms with Crippen LogP contribution in [0.4, 0.5) is 0 Å². The largest absolute Gasteiger partial charge is 0.598 e. The van der Waals surface area contributed by atoms with Crippen LogP contribution in [0.1, 0.15) is 27.7 Å². The lowest BCUT2D eigenvalue weighted by Crippen LogP contribution is -2.43. The van der Waals surface area contributed by atoms with Crippen molar-refractivity contribution in [1.82, 2.24) is 0 Å². The molecule has 1 heterocycles. The first kappa shape index (κ1) is 14.7. The van der Waals surface area contributed by atoms with Gasteiger partial charge in [0.2, 0.25) is 0 Å². The summed E-state index contributed by atoms with van der Waals surface area (Å²) in [5.74, 6) is 0.682. The summed E-state index contributed by atoms with van der Waals surface area (Å²) < 4.78 is 16.3. The van der Waals surface area contributed by atoms with E-state index in [0.29, 0.717) is 12.4 Å². The second kappa shape index (κ2) is 5.37. The van der Waals surface area contributed by atoms with E-state index in [0.717, 1.165) is 0 Å². The average Bonchev–Trinajstić information content (AvgIpc) is 2.27. The maximum atomic E-state index is 12.4. The molecule has 4 nitrogen and oxygen atoms in total. The minimum absolute atomic E-state index is 0.0391. The zero-order valence-electron chi connectivity index (χ0n) is 11.8. The van der Waals surface area contributed by atoms with Crippen molar-refractivity contribution < 1.29 is 18.5 Å². The van der Waals surface area contributed by atoms with E-state index in [1.807, 2.05) is 25.1 Å². The molecule has 2 rings (SSSR count). The van der Waals surface area contributed by atoms with E-state index in [1.165, 1.54) is 0 Å². The molecule has 0 saturated carbocycles. The van der Waals surface area contributed by atoms with Crippen molar-refractivity contribution in [1.29, 1.82) is 0 Å². The molecule has 0 aliphatic carbocycles. The Morgan fingerprint density at radius 3 is 2.42 bits per heavy atom. The van der Waals surface area contributed by atoms with Crippen molar-refractivity contribution in [3.8, 4) is 5.75 Å². The van der Waals surface area contributed by atoms with Gasteiger partial charge in [-0.2, -0.15) is 9.05 Å². The van der Waals surface area contributed by atoms with Crippen LogP contribution in [0.25, 0.3) is 0 Å². The Bertz CT molecular complexity index is 417. The van der Waals surface area contributed by atoms with Gasteiger partial charge in [-0.25, -0.2) is 0 Å². The molecule has 0 N–H and O–H groups in total. The van der Waals surface area contributed by atoms with Crippen molar-refractivity contribution in [2.45, 2.75) is 33.8 Å². The predicted molar refractivity (Wildman–Crippen MR) is 73.4 cm³/mol. The van der Waals surface area contributed by atoms with E-state index >= 15 is 0 Å². The molecule has 1 aromatic carbocycles. The zero-order valence-corrected chi connectivity index (χ0v) is 12.7. The van der Waals surface area contributed by atoms with Crippen molar-refractivity contribution in [3.05, 3.63) is 30.3 Å². The predicted octanol–water partition coefficient (Wildman–Crippen LogP) is 3.20. The average molecular weight is 284 g/mol. The van der Waals surface area contributed by atoms with E-state index in [4.69, 9.17) is 13.6 Å². The molecule has 1 unspecified atom stereocenters. The van der Waals surface area contributed by atoms with Crippen LogP contribution in [-0.4, -0.2) is 12.7 Å². The quantitative estimate of drug-likeness (QED) is 0.782. The molecule has 0 spiro atoms. The van der Waals surface area contributed by atoms with Gasteiger partial charge in [0.1, 0.15) is 12.7 Å². The molecular weight excluding hydrogens is 263 g/mol. The number of phosphoric acid groups is 1. The topological polar surface area (TPSA) is 50.8 Å². The molecule has 1 aliphatic heterocycles. The lowest BCUT2D eigenvalue weighted by Gasteiger charge is -2.41. The minimum Gasteiger partial charge on any atom is -0.598 e. The van der Waals surface area contributed by atoms with Crippen LogP contribution in [0.5, 0.6) is 5.75 Å². The normalized spacial score (nSPS) is 32.1. The van der Waals surface area contributed by atoms with E-state index in [9.17, 15) is 4.89 Å². The fourth-order valence-corrected chi connectivity index (χ4v) is 3.66. The number of rotatable bonds is 2. The molecule has 1 fully saturated rings. The van der Waals surface area contributed by atoms with Crippen LogP contribution in [0.15, 0.2) is 30.3 Å². The third kappa shape index (κ3) is 3.67. The van der Waals surface area contributed by atoms with Crippen molar-refractivity contribution in [2.75, 3.05) is 6.61 Å². The Labute approximate surface area is 115 Å². The SMILES string of the molecule is C[C@@H]1O[P+]([O-])(Oc2ccccc2)OC[C@@H]1C(C)(C)C. The zero-order chi connectivity index (χ0) is 14.1. The number of phosphoric ester groups is 1. The summed E-state index contributed by atoms with van der Waals surface area (Å²) in [7, 11) is -3.50. The molecular formula is C14H21O4P. The first-order valence-electron chi connectivity index (χ1n) is 6.48. The summed E-state index contributed by atoms with van der Waals surface area (Å²) >= 11 is 0. The number of benzene rings is 1. The lowest BCUT2D eigenvalue weighted by atomic mass is 9.78. The molecule has 1 aromatic rings. The molecule has 19 heavy (non-hydrogen) atoms. The molecule has 3 atom stereocenters. The first-order valence-corrected chi connectivity index (χ1v) is 7.94. The Hall–Kier alpha value is -0.670. The van der Waals surface area contributed by atoms with Crippen molar-refractivity contribution in [2.24, 2.45) is 11.3 Å². The highest BCUT2D eigenvalue weighted by Gasteiger charge is 2.48. The summed E-state index contributed by atoms with van der Waals surface area (Å²) in [6.07, 6.45) is -0.164. The van der Waals surface area contributed by atoms with Gasteiger partial charge in [-0.3, -0.25) is 4.52 Å². The van der Waals surface area contributed by atoms with Gasteiger partial charge in [0.05, 0.1) is 0 Å². The monoisotopic (exact) mass is 284 g/mol. The highest BCUT2D eigenvalue weighted by molar-refractivity contribution is 7.54. The smallest absolute Gasteiger partial charge is 0.429 e. The third-order valence-electron chi connectivity index (χ3n) is 3.35. The summed E-state index contributed by atoms with van der Waals surface area (Å²) in [4.78, 5) is 12.4. The highest BCUT2D eigenvalue weighted by Crippen LogP contribution is 2.59. The van der Waals surface area contributed by atoms with Crippen molar-refractivity contribution in [3.63, 3.8) is 0 Å². The summed E-state index contributed by atoms with van der Waals surface area (Å²) in [6.45, 7) is 8.66. The first-order chi connectivity index (χ1) is 8.80. The highest BCUT2D eigenvalue weighted by atomic mass is 31.2. The van der Waals surface area contributed by atoms with E-state index in [-0.39, 0.29) is 17.4 Å². The van der Waals surface area contributed by atoms with Crippen LogP contribution in [0.3, 0.4) is 0 Å². The van der Waals surface area contributed by atoms with Gasteiger partial charge >= 0.3 is 8.17 Å². The van der Waals surface area contributed by atoms with Crippen molar-refractivity contribution >= 4 is 8.17 Å². The van der Waals surface area contributed by atoms with E-state index in [1.54, 1.807) is 12.1 Å². The number of hydrogen-bond donors (Lipinski definition) is 0. The van der Waals surface area contributed by atoms with E-state index in [2.05, 4.69) is 20.8 Å². The fraction of sp³-hybridized carbons (Fsp3) is 0.571. The summed E-state index contributed by atoms with van der Waals surface area (Å²) in [5, 5.41) is 0. The van der Waals surface area contributed by atoms with Gasteiger partial charge in [0, 0.05) is 5.92 Å². The Morgan fingerprint density at radius 1 is 1.26 bits per heavy atom. The molecule has 1 saturated heterocycles. The molecule has 0 aromatic heterocycles. The van der Waals surface area contributed by atoms with Crippen LogP contribution in [0.2, 0.25) is 0 Å². The van der Waals surface area contributed by atoms with Gasteiger partial charge in [-0.1, -0.05) is 39.0 Å². The molecule has 0 radical (unpaired) electrons. The molecule has 5 heteroatoms. The molecule has 0 bridgehead atoms. The van der Waals surface area contributed by atoms with Crippen LogP contribution in [-0.2, 0) is 9.05 Å². The van der Waals surface area contributed by atoms with E-state index < -0.39 is 8.17 Å². The standard InChI is InChI=1S/C14H21O4P/c1-11-13(14(2,3)4)10-16-19(15,17-11)18-12-8-6-5-7-9-12/h5-9,11,13H,10H2,1-4H3/t11-,13-,19?/m0/s1. The fourth-order valence-electron chi connectivity index (χ4n) is 2.23.